The number of aliphatic hydroxyl groups excluding tert-OH is 1. The van der Waals surface area contributed by atoms with E-state index in [0.29, 0.717) is 26.1 Å². The fraction of sp³-hybridized carbons (Fsp3) is 0.615. The Morgan fingerprint density at radius 1 is 1.24 bits per heavy atom. The summed E-state index contributed by atoms with van der Waals surface area (Å²) in [5.74, 6) is 0.546. The lowest BCUT2D eigenvalue weighted by atomic mass is 10.1. The van der Waals surface area contributed by atoms with Gasteiger partial charge in [0.15, 0.2) is 0 Å². The van der Waals surface area contributed by atoms with E-state index < -0.39 is 6.10 Å². The Bertz CT molecular complexity index is 851. The number of aromatic nitrogens is 1. The zero-order chi connectivity index (χ0) is 24.2. The maximum atomic E-state index is 11.7. The molecule has 1 fully saturated rings. The predicted octanol–water partition coefficient (Wildman–Crippen LogP) is 3.87. The first-order valence-electron chi connectivity index (χ1n) is 12.5. The number of nitrogens with zero attached hydrogens (tertiary/aromatic N) is 3. The van der Waals surface area contributed by atoms with Gasteiger partial charge in [0.05, 0.1) is 5.56 Å². The molecule has 1 saturated heterocycles. The summed E-state index contributed by atoms with van der Waals surface area (Å²) in [6, 6.07) is 10.1. The zero-order valence-corrected chi connectivity index (χ0v) is 20.6. The van der Waals surface area contributed by atoms with Gasteiger partial charge in [-0.15, -0.1) is 0 Å². The van der Waals surface area contributed by atoms with Crippen molar-refractivity contribution in [3.63, 3.8) is 0 Å². The Kier molecular flexibility index (Phi) is 10.9. The van der Waals surface area contributed by atoms with E-state index >= 15 is 0 Å². The quantitative estimate of drug-likeness (QED) is 0.327. The van der Waals surface area contributed by atoms with Crippen LogP contribution in [0, 0.1) is 0 Å². The second kappa shape index (κ2) is 14.1. The highest BCUT2D eigenvalue weighted by Crippen LogP contribution is 2.34. The van der Waals surface area contributed by atoms with Crippen LogP contribution >= 0.6 is 0 Å². The summed E-state index contributed by atoms with van der Waals surface area (Å²) >= 11 is 0. The highest BCUT2D eigenvalue weighted by molar-refractivity contribution is 5.69. The summed E-state index contributed by atoms with van der Waals surface area (Å²) < 4.78 is 16.4. The van der Waals surface area contributed by atoms with Gasteiger partial charge in [-0.3, -0.25) is 9.69 Å². The fourth-order valence-corrected chi connectivity index (χ4v) is 4.32. The number of piperidine rings is 1. The lowest BCUT2D eigenvalue weighted by Gasteiger charge is -2.29. The average molecular weight is 474 g/mol. The number of hydrogen-bond donors (Lipinski definition) is 1. The standard InChI is InChI=1S/C26H39N3O5/c1-3-11-24(31)33-20-22(30)18-28(14-10-17-32-2)19-23-25(21-12-6-4-7-13-21)27-34-26(23)29-15-8-5-9-16-29/h4,6-7,12-13,22,30H,3,5,8-11,14-20H2,1-2H3. The smallest absolute Gasteiger partial charge is 0.305 e. The van der Waals surface area contributed by atoms with Crippen LogP contribution in [0.1, 0.15) is 51.0 Å². The van der Waals surface area contributed by atoms with Crippen molar-refractivity contribution in [1.29, 1.82) is 0 Å². The first-order chi connectivity index (χ1) is 16.6. The van der Waals surface area contributed by atoms with Crippen molar-refractivity contribution in [3.05, 3.63) is 35.9 Å². The number of esters is 1. The largest absolute Gasteiger partial charge is 0.463 e. The van der Waals surface area contributed by atoms with Crippen LogP contribution in [0.15, 0.2) is 34.9 Å². The second-order valence-electron chi connectivity index (χ2n) is 8.90. The van der Waals surface area contributed by atoms with E-state index in [1.54, 1.807) is 7.11 Å². The Morgan fingerprint density at radius 3 is 2.71 bits per heavy atom. The molecule has 8 nitrogen and oxygen atoms in total. The molecule has 0 bridgehead atoms. The summed E-state index contributed by atoms with van der Waals surface area (Å²) in [6.45, 7) is 6.14. The number of ether oxygens (including phenoxy) is 2. The fourth-order valence-electron chi connectivity index (χ4n) is 4.32. The van der Waals surface area contributed by atoms with E-state index in [0.717, 1.165) is 68.0 Å². The molecule has 188 valence electrons. The summed E-state index contributed by atoms with van der Waals surface area (Å²) in [5, 5.41) is 15.1. The molecule has 1 aliphatic rings. The van der Waals surface area contributed by atoms with Crippen molar-refractivity contribution in [2.45, 2.75) is 58.1 Å². The summed E-state index contributed by atoms with van der Waals surface area (Å²) in [5.41, 5.74) is 2.87. The molecule has 0 aliphatic carbocycles. The third kappa shape index (κ3) is 7.82. The molecule has 0 spiro atoms. The van der Waals surface area contributed by atoms with E-state index in [4.69, 9.17) is 14.0 Å². The van der Waals surface area contributed by atoms with E-state index in [-0.39, 0.29) is 12.6 Å². The Labute approximate surface area is 202 Å². The molecule has 0 saturated carbocycles. The first-order valence-corrected chi connectivity index (χ1v) is 12.5. The van der Waals surface area contributed by atoms with Crippen LogP contribution in [-0.4, -0.2) is 73.7 Å². The number of methoxy groups -OCH3 is 1. The van der Waals surface area contributed by atoms with Crippen LogP contribution in [0.2, 0.25) is 0 Å². The maximum absolute atomic E-state index is 11.7. The highest BCUT2D eigenvalue weighted by Gasteiger charge is 2.26. The van der Waals surface area contributed by atoms with Gasteiger partial charge < -0.3 is 24.0 Å². The van der Waals surface area contributed by atoms with Gasteiger partial charge >= 0.3 is 5.97 Å². The molecule has 0 radical (unpaired) electrons. The first kappa shape index (κ1) is 26.2. The molecule has 1 aromatic carbocycles. The van der Waals surface area contributed by atoms with Gasteiger partial charge in [0.2, 0.25) is 5.88 Å². The topological polar surface area (TPSA) is 88.3 Å². The van der Waals surface area contributed by atoms with Crippen molar-refractivity contribution >= 4 is 11.9 Å². The molecule has 1 unspecified atom stereocenters. The Hall–Kier alpha value is -2.42. The zero-order valence-electron chi connectivity index (χ0n) is 20.6. The maximum Gasteiger partial charge on any atom is 0.305 e. The molecule has 8 heteroatoms. The minimum Gasteiger partial charge on any atom is -0.463 e. The number of aliphatic hydroxyl groups is 1. The number of benzene rings is 1. The van der Waals surface area contributed by atoms with Crippen molar-refractivity contribution in [2.24, 2.45) is 0 Å². The normalized spacial score (nSPS) is 15.0. The third-order valence-electron chi connectivity index (χ3n) is 6.02. The molecular formula is C26H39N3O5. The van der Waals surface area contributed by atoms with Crippen LogP contribution in [-0.2, 0) is 20.8 Å². The molecule has 34 heavy (non-hydrogen) atoms. The predicted molar refractivity (Wildman–Crippen MR) is 132 cm³/mol. The van der Waals surface area contributed by atoms with Gasteiger partial charge in [-0.1, -0.05) is 42.4 Å². The van der Waals surface area contributed by atoms with E-state index in [2.05, 4.69) is 15.0 Å². The van der Waals surface area contributed by atoms with Gasteiger partial charge in [-0.25, -0.2) is 0 Å². The van der Waals surface area contributed by atoms with Gasteiger partial charge in [0, 0.05) is 58.4 Å². The SMILES string of the molecule is CCCC(=O)OCC(O)CN(CCCOC)Cc1c(-c2ccccc2)noc1N1CCCCC1. The molecule has 1 N–H and O–H groups in total. The van der Waals surface area contributed by atoms with E-state index in [1.165, 1.54) is 6.42 Å². The summed E-state index contributed by atoms with van der Waals surface area (Å²) in [6.07, 6.45) is 4.65. The number of carbonyl (C=O) groups excluding carboxylic acids is 1. The number of anilines is 1. The molecule has 2 heterocycles. The molecule has 1 atom stereocenters. The molecule has 2 aromatic rings. The summed E-state index contributed by atoms with van der Waals surface area (Å²) in [7, 11) is 1.69. The Morgan fingerprint density at radius 2 is 2.00 bits per heavy atom. The lowest BCUT2D eigenvalue weighted by Crippen LogP contribution is -2.37. The second-order valence-corrected chi connectivity index (χ2v) is 8.90. The highest BCUT2D eigenvalue weighted by atomic mass is 16.5. The van der Waals surface area contributed by atoms with Crippen LogP contribution in [0.3, 0.4) is 0 Å². The Balaban J connectivity index is 1.79. The van der Waals surface area contributed by atoms with Gasteiger partial charge in [-0.2, -0.15) is 0 Å². The van der Waals surface area contributed by atoms with E-state index in [1.807, 2.05) is 37.3 Å². The summed E-state index contributed by atoms with van der Waals surface area (Å²) in [4.78, 5) is 16.2. The lowest BCUT2D eigenvalue weighted by molar-refractivity contribution is -0.147. The van der Waals surface area contributed by atoms with Crippen molar-refractivity contribution < 1.29 is 23.9 Å². The average Bonchev–Trinajstić information content (AvgIpc) is 3.27. The van der Waals surface area contributed by atoms with Crippen LogP contribution in [0.4, 0.5) is 5.88 Å². The molecule has 1 aromatic heterocycles. The van der Waals surface area contributed by atoms with Crippen LogP contribution < -0.4 is 4.90 Å². The molecule has 0 amide bonds. The van der Waals surface area contributed by atoms with Crippen molar-refractivity contribution in [1.82, 2.24) is 10.1 Å². The van der Waals surface area contributed by atoms with Gasteiger partial charge in [0.25, 0.3) is 0 Å². The molecular weight excluding hydrogens is 434 g/mol. The molecule has 3 rings (SSSR count). The number of rotatable bonds is 14. The minimum atomic E-state index is -0.776. The minimum absolute atomic E-state index is 0.00618. The monoisotopic (exact) mass is 473 g/mol. The number of carbonyl (C=O) groups is 1. The van der Waals surface area contributed by atoms with E-state index in [9.17, 15) is 9.90 Å². The van der Waals surface area contributed by atoms with Gasteiger partial charge in [0.1, 0.15) is 18.4 Å². The number of hydrogen-bond acceptors (Lipinski definition) is 8. The molecule has 1 aliphatic heterocycles. The third-order valence-corrected chi connectivity index (χ3v) is 6.02. The van der Waals surface area contributed by atoms with Crippen molar-refractivity contribution in [3.8, 4) is 11.3 Å². The van der Waals surface area contributed by atoms with Crippen LogP contribution in [0.5, 0.6) is 0 Å². The van der Waals surface area contributed by atoms with Crippen molar-refractivity contribution in [2.75, 3.05) is 51.4 Å². The van der Waals surface area contributed by atoms with Crippen LogP contribution in [0.25, 0.3) is 11.3 Å². The van der Waals surface area contributed by atoms with Gasteiger partial charge in [-0.05, 0) is 32.1 Å².